The first-order chi connectivity index (χ1) is 10.4. The number of hydrogen-bond donors (Lipinski definition) is 1. The van der Waals surface area contributed by atoms with E-state index in [1.165, 1.54) is 12.3 Å². The lowest BCUT2D eigenvalue weighted by atomic mass is 10.2. The summed E-state index contributed by atoms with van der Waals surface area (Å²) in [7, 11) is 0. The van der Waals surface area contributed by atoms with Gasteiger partial charge in [0.15, 0.2) is 5.58 Å². The van der Waals surface area contributed by atoms with Crippen molar-refractivity contribution < 1.29 is 28.2 Å². The molecule has 2 aromatic heterocycles. The third-order valence-corrected chi connectivity index (χ3v) is 2.77. The van der Waals surface area contributed by atoms with E-state index in [1.807, 2.05) is 0 Å². The van der Waals surface area contributed by atoms with E-state index in [4.69, 9.17) is 18.6 Å². The zero-order valence-electron chi connectivity index (χ0n) is 12.9. The van der Waals surface area contributed by atoms with Crippen LogP contribution in [0.4, 0.5) is 4.79 Å². The minimum Gasteiger partial charge on any atom is -0.463 e. The zero-order valence-corrected chi connectivity index (χ0v) is 12.9. The molecular formula is C15H19NO6. The van der Waals surface area contributed by atoms with Crippen molar-refractivity contribution in [2.24, 2.45) is 5.92 Å². The summed E-state index contributed by atoms with van der Waals surface area (Å²) >= 11 is 0. The molecule has 0 aliphatic heterocycles. The Bertz CT molecular complexity index is 625. The van der Waals surface area contributed by atoms with E-state index in [0.717, 1.165) is 0 Å². The van der Waals surface area contributed by atoms with E-state index < -0.39 is 18.4 Å². The molecule has 2 heterocycles. The van der Waals surface area contributed by atoms with E-state index in [-0.39, 0.29) is 17.7 Å². The molecule has 1 unspecified atom stereocenters. The first kappa shape index (κ1) is 15.9. The fourth-order valence-electron chi connectivity index (χ4n) is 1.74. The molecule has 120 valence electrons. The highest BCUT2D eigenvalue weighted by Crippen LogP contribution is 2.18. The number of hydrogen-bond acceptors (Lipinski definition) is 6. The van der Waals surface area contributed by atoms with Crippen LogP contribution in [-0.2, 0) is 14.2 Å². The van der Waals surface area contributed by atoms with Crippen molar-refractivity contribution in [2.45, 2.75) is 40.1 Å². The number of esters is 1. The number of ether oxygens (including phenoxy) is 3. The van der Waals surface area contributed by atoms with Gasteiger partial charge in [-0.05, 0) is 13.8 Å². The van der Waals surface area contributed by atoms with Crippen LogP contribution in [-0.4, -0.2) is 29.5 Å². The average molecular weight is 309 g/mol. The highest BCUT2D eigenvalue weighted by molar-refractivity contribution is 5.93. The smallest absolute Gasteiger partial charge is 0.463 e. The molecule has 0 amide bonds. The summed E-state index contributed by atoms with van der Waals surface area (Å²) in [5.74, 6) is -0.857. The third-order valence-electron chi connectivity index (χ3n) is 2.77. The van der Waals surface area contributed by atoms with Gasteiger partial charge in [-0.25, -0.2) is 9.59 Å². The molecule has 0 spiro atoms. The second-order valence-electron chi connectivity index (χ2n) is 5.43. The van der Waals surface area contributed by atoms with Crippen LogP contribution in [0.1, 0.15) is 38.2 Å². The highest BCUT2D eigenvalue weighted by atomic mass is 16.8. The number of nitrogens with one attached hydrogen (secondary N) is 1. The Labute approximate surface area is 127 Å². The summed E-state index contributed by atoms with van der Waals surface area (Å²) in [4.78, 5) is 26.5. The van der Waals surface area contributed by atoms with E-state index in [0.29, 0.717) is 11.1 Å². The molecule has 0 saturated heterocycles. The molecule has 1 atom stereocenters. The molecule has 0 aromatic carbocycles. The van der Waals surface area contributed by atoms with Crippen LogP contribution < -0.4 is 0 Å². The Kier molecular flexibility index (Phi) is 4.75. The lowest BCUT2D eigenvalue weighted by Crippen LogP contribution is -2.30. The molecule has 0 aliphatic carbocycles. The van der Waals surface area contributed by atoms with Crippen LogP contribution in [0.3, 0.4) is 0 Å². The molecule has 0 saturated carbocycles. The Morgan fingerprint density at radius 3 is 2.45 bits per heavy atom. The van der Waals surface area contributed by atoms with E-state index in [2.05, 4.69) is 4.98 Å². The summed E-state index contributed by atoms with van der Waals surface area (Å²) in [6.45, 7) is 6.93. The number of carbonyl (C=O) groups excluding carboxylic acids is 2. The standard InChI is InChI=1S/C15H19NO6/c1-8(2)14(22-15(18)20-9(3)4)21-13(17)11-7-12-10(16-11)5-6-19-12/h5-9,14,16H,1-4H3. The van der Waals surface area contributed by atoms with Crippen LogP contribution >= 0.6 is 0 Å². The molecule has 0 bridgehead atoms. The molecule has 2 aromatic rings. The lowest BCUT2D eigenvalue weighted by molar-refractivity contribution is -0.118. The van der Waals surface area contributed by atoms with Gasteiger partial charge in [0.05, 0.1) is 17.9 Å². The van der Waals surface area contributed by atoms with Gasteiger partial charge in [0, 0.05) is 18.1 Å². The molecule has 2 rings (SSSR count). The monoisotopic (exact) mass is 309 g/mol. The largest absolute Gasteiger partial charge is 0.511 e. The second-order valence-corrected chi connectivity index (χ2v) is 5.43. The van der Waals surface area contributed by atoms with Crippen molar-refractivity contribution in [3.05, 3.63) is 24.1 Å². The van der Waals surface area contributed by atoms with Crippen LogP contribution in [0.15, 0.2) is 22.8 Å². The van der Waals surface area contributed by atoms with E-state index in [1.54, 1.807) is 33.8 Å². The summed E-state index contributed by atoms with van der Waals surface area (Å²) in [6.07, 6.45) is -0.709. The SMILES string of the molecule is CC(C)OC(=O)OC(OC(=O)c1cc2occc2[nH]1)C(C)C. The molecule has 1 N–H and O–H groups in total. The maximum Gasteiger partial charge on any atom is 0.511 e. The van der Waals surface area contributed by atoms with Crippen molar-refractivity contribution in [1.29, 1.82) is 0 Å². The molecule has 22 heavy (non-hydrogen) atoms. The molecule has 0 radical (unpaired) electrons. The van der Waals surface area contributed by atoms with Crippen LogP contribution in [0.25, 0.3) is 11.1 Å². The number of rotatable bonds is 5. The van der Waals surface area contributed by atoms with Gasteiger partial charge < -0.3 is 23.6 Å². The quantitative estimate of drug-likeness (QED) is 0.672. The molecule has 7 heteroatoms. The summed E-state index contributed by atoms with van der Waals surface area (Å²) in [6, 6.07) is 3.23. The van der Waals surface area contributed by atoms with E-state index >= 15 is 0 Å². The Morgan fingerprint density at radius 1 is 1.14 bits per heavy atom. The van der Waals surface area contributed by atoms with Gasteiger partial charge in [-0.2, -0.15) is 0 Å². The number of fused-ring (bicyclic) bond motifs is 1. The zero-order chi connectivity index (χ0) is 16.3. The minimum atomic E-state index is -1.03. The number of aromatic amines is 1. The molecule has 0 fully saturated rings. The fraction of sp³-hybridized carbons (Fsp3) is 0.467. The van der Waals surface area contributed by atoms with Crippen molar-refractivity contribution >= 4 is 23.2 Å². The van der Waals surface area contributed by atoms with Gasteiger partial charge in [-0.1, -0.05) is 13.8 Å². The van der Waals surface area contributed by atoms with Gasteiger partial charge in [0.2, 0.25) is 0 Å². The van der Waals surface area contributed by atoms with Crippen molar-refractivity contribution in [2.75, 3.05) is 0 Å². The van der Waals surface area contributed by atoms with Crippen LogP contribution in [0.2, 0.25) is 0 Å². The highest BCUT2D eigenvalue weighted by Gasteiger charge is 2.25. The second kappa shape index (κ2) is 6.55. The number of carbonyl (C=O) groups is 2. The molecular weight excluding hydrogens is 290 g/mol. The van der Waals surface area contributed by atoms with E-state index in [9.17, 15) is 9.59 Å². The fourth-order valence-corrected chi connectivity index (χ4v) is 1.74. The van der Waals surface area contributed by atoms with Crippen LogP contribution in [0, 0.1) is 5.92 Å². The Balaban J connectivity index is 2.02. The summed E-state index contributed by atoms with van der Waals surface area (Å²) in [5.41, 5.74) is 1.46. The van der Waals surface area contributed by atoms with Crippen LogP contribution in [0.5, 0.6) is 0 Å². The number of furan rings is 1. The van der Waals surface area contributed by atoms with Crippen molar-refractivity contribution in [3.63, 3.8) is 0 Å². The normalized spacial score (nSPS) is 12.6. The van der Waals surface area contributed by atoms with Crippen molar-refractivity contribution in [3.8, 4) is 0 Å². The van der Waals surface area contributed by atoms with Gasteiger partial charge in [0.25, 0.3) is 6.29 Å². The van der Waals surface area contributed by atoms with Gasteiger partial charge in [0.1, 0.15) is 5.69 Å². The first-order valence-electron chi connectivity index (χ1n) is 7.01. The van der Waals surface area contributed by atoms with Crippen molar-refractivity contribution in [1.82, 2.24) is 4.98 Å². The van der Waals surface area contributed by atoms with Gasteiger partial charge in [-0.3, -0.25) is 0 Å². The Morgan fingerprint density at radius 2 is 1.86 bits per heavy atom. The first-order valence-corrected chi connectivity index (χ1v) is 7.01. The third kappa shape index (κ3) is 3.81. The number of aromatic nitrogens is 1. The number of H-pyrrole nitrogens is 1. The predicted octanol–water partition coefficient (Wildman–Crippen LogP) is 3.46. The molecule has 0 aliphatic rings. The maximum absolute atomic E-state index is 12.1. The summed E-state index contributed by atoms with van der Waals surface area (Å²) < 4.78 is 20.3. The predicted molar refractivity (Wildman–Crippen MR) is 77.3 cm³/mol. The summed E-state index contributed by atoms with van der Waals surface area (Å²) in [5, 5.41) is 0. The lowest BCUT2D eigenvalue weighted by Gasteiger charge is -2.21. The van der Waals surface area contributed by atoms with Gasteiger partial charge in [-0.15, -0.1) is 0 Å². The topological polar surface area (TPSA) is 90.8 Å². The average Bonchev–Trinajstić information content (AvgIpc) is 2.96. The Hall–Kier alpha value is -2.44. The van der Waals surface area contributed by atoms with Gasteiger partial charge >= 0.3 is 12.1 Å². The minimum absolute atomic E-state index is 0.221. The molecule has 7 nitrogen and oxygen atoms in total. The maximum atomic E-state index is 12.1.